The molecule has 0 N–H and O–H groups in total. The maximum Gasteiger partial charge on any atom is 0.306 e. The average Bonchev–Trinajstić information content (AvgIpc) is 3.19. The molecule has 0 aliphatic carbocycles. The zero-order valence-electron chi connectivity index (χ0n) is 39.4. The molecule has 0 aromatic rings. The quantitative estimate of drug-likeness (QED) is 0.0260. The second-order valence-electron chi connectivity index (χ2n) is 18.0. The van der Waals surface area contributed by atoms with Crippen LogP contribution in [0.1, 0.15) is 232 Å². The van der Waals surface area contributed by atoms with E-state index in [1.807, 2.05) is 0 Å². The molecule has 0 heterocycles. The Morgan fingerprint density at radius 2 is 0.847 bits per heavy atom. The molecule has 0 saturated carbocycles. The molecule has 0 aromatic carbocycles. The smallest absolute Gasteiger partial charge is 0.306 e. The van der Waals surface area contributed by atoms with Crippen molar-refractivity contribution in [3.63, 3.8) is 0 Å². The molecule has 0 rings (SSSR count). The van der Waals surface area contributed by atoms with Gasteiger partial charge in [-0.2, -0.15) is 0 Å². The molecule has 0 aromatic heterocycles. The zero-order chi connectivity index (χ0) is 43.5. The number of likely N-dealkylation sites (N-methyl/N-ethyl adjacent to an activating group) is 1. The molecule has 0 bridgehead atoms. The Kier molecular flexibility index (Phi) is 40.9. The molecule has 8 nitrogen and oxygen atoms in total. The Bertz CT molecular complexity index is 1020. The minimum absolute atomic E-state index is 0.0395. The monoisotopic (exact) mass is 834 g/mol. The van der Waals surface area contributed by atoms with Crippen molar-refractivity contribution < 1.29 is 38.2 Å². The number of unbranched alkanes of at least 4 members (excludes halogenated alkanes) is 27. The van der Waals surface area contributed by atoms with Gasteiger partial charge >= 0.3 is 11.9 Å². The fourth-order valence-electron chi connectivity index (χ4n) is 7.41. The van der Waals surface area contributed by atoms with Crippen LogP contribution in [0.25, 0.3) is 0 Å². The van der Waals surface area contributed by atoms with Crippen LogP contribution >= 0.6 is 0 Å². The van der Waals surface area contributed by atoms with E-state index < -0.39 is 18.1 Å². The Morgan fingerprint density at radius 1 is 0.492 bits per heavy atom. The largest absolute Gasteiger partial charge is 0.544 e. The molecule has 0 radical (unpaired) electrons. The number of nitrogens with zero attached hydrogens (tertiary/aromatic N) is 1. The van der Waals surface area contributed by atoms with Crippen LogP contribution in [0, 0.1) is 0 Å². The lowest BCUT2D eigenvalue weighted by atomic mass is 10.1. The predicted molar refractivity (Wildman–Crippen MR) is 245 cm³/mol. The number of carbonyl (C=O) groups excluding carboxylic acids is 3. The van der Waals surface area contributed by atoms with Crippen molar-refractivity contribution in [2.24, 2.45) is 0 Å². The van der Waals surface area contributed by atoms with E-state index in [1.54, 1.807) is 21.1 Å². The molecule has 2 unspecified atom stereocenters. The molecular formula is C51H95NO7. The van der Waals surface area contributed by atoms with Gasteiger partial charge in [-0.15, -0.1) is 0 Å². The number of carboxylic acids is 1. The van der Waals surface area contributed by atoms with Gasteiger partial charge in [-0.05, 0) is 64.2 Å². The molecule has 0 aliphatic heterocycles. The van der Waals surface area contributed by atoms with Crippen molar-refractivity contribution in [2.75, 3.05) is 41.0 Å². The van der Waals surface area contributed by atoms with Gasteiger partial charge in [0.2, 0.25) is 0 Å². The number of rotatable bonds is 45. The summed E-state index contributed by atoms with van der Waals surface area (Å²) in [6, 6.07) is -0.726. The summed E-state index contributed by atoms with van der Waals surface area (Å²) in [4.78, 5) is 37.0. The molecule has 59 heavy (non-hydrogen) atoms. The minimum Gasteiger partial charge on any atom is -0.544 e. The number of esters is 2. The summed E-state index contributed by atoms with van der Waals surface area (Å²) in [5.41, 5.74) is 0. The van der Waals surface area contributed by atoms with Crippen LogP contribution in [0.3, 0.4) is 0 Å². The highest BCUT2D eigenvalue weighted by molar-refractivity contribution is 5.70. The molecule has 2 atom stereocenters. The van der Waals surface area contributed by atoms with E-state index in [0.717, 1.165) is 51.4 Å². The maximum absolute atomic E-state index is 12.8. The molecule has 8 heteroatoms. The fraction of sp³-hybridized carbons (Fsp3) is 0.863. The third-order valence-corrected chi connectivity index (χ3v) is 11.3. The predicted octanol–water partition coefficient (Wildman–Crippen LogP) is 12.7. The first-order valence-electron chi connectivity index (χ1n) is 24.9. The van der Waals surface area contributed by atoms with Crippen LogP contribution in [0.15, 0.2) is 24.3 Å². The first-order chi connectivity index (χ1) is 28.6. The summed E-state index contributed by atoms with van der Waals surface area (Å²) < 4.78 is 17.2. The second-order valence-corrected chi connectivity index (χ2v) is 18.0. The summed E-state index contributed by atoms with van der Waals surface area (Å²) in [7, 11) is 5.41. The molecule has 0 saturated heterocycles. The molecule has 0 aliphatic rings. The normalized spacial score (nSPS) is 13.0. The van der Waals surface area contributed by atoms with Crippen molar-refractivity contribution >= 4 is 17.9 Å². The second kappa shape index (κ2) is 42.5. The molecule has 0 amide bonds. The number of quaternary nitrogens is 1. The number of allylic oxidation sites excluding steroid dienone is 4. The summed E-state index contributed by atoms with van der Waals surface area (Å²) in [5.74, 6) is -1.74. The summed E-state index contributed by atoms with van der Waals surface area (Å²) in [5, 5.41) is 11.6. The lowest BCUT2D eigenvalue weighted by molar-refractivity contribution is -0.889. The van der Waals surface area contributed by atoms with Crippen LogP contribution in [-0.2, 0) is 28.6 Å². The van der Waals surface area contributed by atoms with Crippen molar-refractivity contribution in [3.8, 4) is 0 Å². The molecule has 0 fully saturated rings. The Hall–Kier alpha value is -2.19. The highest BCUT2D eigenvalue weighted by Gasteiger charge is 2.25. The summed E-state index contributed by atoms with van der Waals surface area (Å²) in [6.07, 6.45) is 47.7. The number of hydrogen-bond acceptors (Lipinski definition) is 7. The topological polar surface area (TPSA) is 102 Å². The van der Waals surface area contributed by atoms with Crippen LogP contribution in [0.5, 0.6) is 0 Å². The van der Waals surface area contributed by atoms with Crippen LogP contribution in [-0.4, -0.2) is 75.5 Å². The van der Waals surface area contributed by atoms with E-state index in [-0.39, 0.29) is 42.7 Å². The highest BCUT2D eigenvalue weighted by atomic mass is 16.6. The zero-order valence-corrected chi connectivity index (χ0v) is 39.4. The lowest BCUT2D eigenvalue weighted by Crippen LogP contribution is -2.55. The fourth-order valence-corrected chi connectivity index (χ4v) is 7.41. The van der Waals surface area contributed by atoms with Crippen molar-refractivity contribution in [2.45, 2.75) is 244 Å². The first-order valence-corrected chi connectivity index (χ1v) is 24.9. The first kappa shape index (κ1) is 56.8. The SMILES string of the molecule is CCCCCCCCC/C=C/CCCCCCCC(=O)OCC(COCCC(C(=O)[O-])[N+](C)(C)C)OC(=O)CCCCCCCCC/C=C/CCCCCCCCCC. The van der Waals surface area contributed by atoms with Gasteiger partial charge in [0, 0.05) is 19.3 Å². The van der Waals surface area contributed by atoms with E-state index in [0.29, 0.717) is 12.8 Å². The Balaban J connectivity index is 4.27. The van der Waals surface area contributed by atoms with Gasteiger partial charge in [0.25, 0.3) is 0 Å². The maximum atomic E-state index is 12.8. The minimum atomic E-state index is -1.12. The van der Waals surface area contributed by atoms with Crippen LogP contribution in [0.2, 0.25) is 0 Å². The van der Waals surface area contributed by atoms with E-state index in [4.69, 9.17) is 14.2 Å². The number of aliphatic carboxylic acids is 1. The van der Waals surface area contributed by atoms with Gasteiger partial charge in [0.15, 0.2) is 6.10 Å². The standard InChI is InChI=1S/C51H95NO7/c1-6-8-10-12-14-16-18-20-22-24-25-26-28-30-32-34-36-38-40-42-50(54)59-47(45-57-44-43-48(51(55)56)52(3,4)5)46-58-49(53)41-39-37-35-33-31-29-27-23-21-19-17-15-13-11-9-7-2/h23-25,27,47-48H,6-22,26,28-46H2,1-5H3/b25-24+,27-23+. The Morgan fingerprint density at radius 3 is 1.22 bits per heavy atom. The number of carboxylic acid groups (broad SMARTS) is 1. The summed E-state index contributed by atoms with van der Waals surface area (Å²) >= 11 is 0. The Labute approximate surface area is 364 Å². The van der Waals surface area contributed by atoms with Crippen molar-refractivity contribution in [1.29, 1.82) is 0 Å². The van der Waals surface area contributed by atoms with E-state index in [9.17, 15) is 19.5 Å². The van der Waals surface area contributed by atoms with Crippen molar-refractivity contribution in [3.05, 3.63) is 24.3 Å². The van der Waals surface area contributed by atoms with E-state index in [2.05, 4.69) is 38.2 Å². The lowest BCUT2D eigenvalue weighted by Gasteiger charge is -2.34. The van der Waals surface area contributed by atoms with Gasteiger partial charge in [-0.1, -0.05) is 173 Å². The number of ether oxygens (including phenoxy) is 3. The molecule has 0 spiro atoms. The van der Waals surface area contributed by atoms with Gasteiger partial charge < -0.3 is 28.6 Å². The summed E-state index contributed by atoms with van der Waals surface area (Å²) in [6.45, 7) is 4.67. The van der Waals surface area contributed by atoms with Crippen molar-refractivity contribution in [1.82, 2.24) is 0 Å². The van der Waals surface area contributed by atoms with Gasteiger partial charge in [0.05, 0.1) is 40.3 Å². The average molecular weight is 834 g/mol. The van der Waals surface area contributed by atoms with Gasteiger partial charge in [-0.25, -0.2) is 0 Å². The van der Waals surface area contributed by atoms with Crippen LogP contribution < -0.4 is 5.11 Å². The van der Waals surface area contributed by atoms with Gasteiger partial charge in [-0.3, -0.25) is 9.59 Å². The molecule has 346 valence electrons. The van der Waals surface area contributed by atoms with Gasteiger partial charge in [0.1, 0.15) is 12.6 Å². The third kappa shape index (κ3) is 41.0. The molecular weight excluding hydrogens is 739 g/mol. The van der Waals surface area contributed by atoms with E-state index >= 15 is 0 Å². The highest BCUT2D eigenvalue weighted by Crippen LogP contribution is 2.15. The number of carbonyl (C=O) groups is 3. The third-order valence-electron chi connectivity index (χ3n) is 11.3. The number of hydrogen-bond donors (Lipinski definition) is 0. The van der Waals surface area contributed by atoms with Crippen LogP contribution in [0.4, 0.5) is 0 Å². The van der Waals surface area contributed by atoms with E-state index in [1.165, 1.54) is 148 Å².